The lowest BCUT2D eigenvalue weighted by atomic mass is 9.93. The van der Waals surface area contributed by atoms with Crippen LogP contribution in [0.2, 0.25) is 0 Å². The summed E-state index contributed by atoms with van der Waals surface area (Å²) in [5.74, 6) is -1.54. The Morgan fingerprint density at radius 1 is 1.25 bits per heavy atom. The van der Waals surface area contributed by atoms with Gasteiger partial charge in [-0.1, -0.05) is 24.3 Å². The van der Waals surface area contributed by atoms with Crippen LogP contribution in [0, 0.1) is 21.2 Å². The van der Waals surface area contributed by atoms with E-state index in [1.54, 1.807) is 6.92 Å². The predicted octanol–water partition coefficient (Wildman–Crippen LogP) is 4.79. The molecule has 0 aliphatic carbocycles. The minimum absolute atomic E-state index is 0.221. The number of ether oxygens (including phenoxy) is 1. The number of carbonyl (C=O) groups is 1. The quantitative estimate of drug-likeness (QED) is 0.431. The van der Waals surface area contributed by atoms with Crippen molar-refractivity contribution in [2.24, 2.45) is 5.92 Å². The molecule has 2 atom stereocenters. The van der Waals surface area contributed by atoms with E-state index in [0.29, 0.717) is 3.95 Å². The summed E-state index contributed by atoms with van der Waals surface area (Å²) in [5, 5.41) is 9.86. The van der Waals surface area contributed by atoms with Crippen LogP contribution in [0.1, 0.15) is 18.5 Å². The minimum atomic E-state index is -1.00. The van der Waals surface area contributed by atoms with Crippen molar-refractivity contribution in [3.63, 3.8) is 0 Å². The number of hydrogen-bond donors (Lipinski definition) is 0. The third-order valence-electron chi connectivity index (χ3n) is 4.54. The molecule has 2 aromatic carbocycles. The number of carbonyl (C=O) groups excluding carboxylic acids is 1. The average molecular weight is 412 g/mol. The number of aromatic nitrogens is 1. The second kappa shape index (κ2) is 8.55. The molecule has 1 heterocycles. The van der Waals surface area contributed by atoms with Crippen molar-refractivity contribution in [3.8, 4) is 6.07 Å². The number of para-hydroxylation sites is 1. The maximum Gasteiger partial charge on any atom is 0.325 e. The summed E-state index contributed by atoms with van der Waals surface area (Å²) in [6.45, 7) is 1.96. The van der Waals surface area contributed by atoms with Gasteiger partial charge in [0.1, 0.15) is 0 Å². The van der Waals surface area contributed by atoms with Gasteiger partial charge >= 0.3 is 5.97 Å². The van der Waals surface area contributed by atoms with E-state index < -0.39 is 17.9 Å². The van der Waals surface area contributed by atoms with Gasteiger partial charge in [0, 0.05) is 19.8 Å². The Morgan fingerprint density at radius 3 is 2.54 bits per heavy atom. The molecule has 28 heavy (non-hydrogen) atoms. The Balaban J connectivity index is 2.22. The lowest BCUT2D eigenvalue weighted by molar-refractivity contribution is -0.146. The van der Waals surface area contributed by atoms with Crippen molar-refractivity contribution < 1.29 is 9.53 Å². The predicted molar refractivity (Wildman–Crippen MR) is 115 cm³/mol. The normalized spacial score (nSPS) is 12.9. The molecule has 5 nitrogen and oxygen atoms in total. The van der Waals surface area contributed by atoms with E-state index in [9.17, 15) is 10.1 Å². The molecule has 3 rings (SSSR count). The van der Waals surface area contributed by atoms with Gasteiger partial charge in [-0.25, -0.2) is 0 Å². The van der Waals surface area contributed by atoms with Gasteiger partial charge in [0.05, 0.1) is 28.9 Å². The van der Waals surface area contributed by atoms with Crippen molar-refractivity contribution in [3.05, 3.63) is 58.0 Å². The molecule has 144 valence electrons. The van der Waals surface area contributed by atoms with Gasteiger partial charge in [-0.3, -0.25) is 4.79 Å². The Labute approximate surface area is 173 Å². The van der Waals surface area contributed by atoms with Crippen LogP contribution in [-0.2, 0) is 9.53 Å². The third-order valence-corrected chi connectivity index (χ3v) is 5.93. The van der Waals surface area contributed by atoms with Crippen LogP contribution in [0.4, 0.5) is 5.69 Å². The lowest BCUT2D eigenvalue weighted by Crippen LogP contribution is -2.28. The molecule has 0 aliphatic heterocycles. The monoisotopic (exact) mass is 411 g/mol. The highest BCUT2D eigenvalue weighted by atomic mass is 32.1. The fourth-order valence-electron chi connectivity index (χ4n) is 3.19. The van der Waals surface area contributed by atoms with E-state index in [4.69, 9.17) is 17.0 Å². The van der Waals surface area contributed by atoms with Crippen LogP contribution < -0.4 is 4.90 Å². The third kappa shape index (κ3) is 3.79. The number of rotatable bonds is 6. The molecule has 0 fully saturated rings. The van der Waals surface area contributed by atoms with Crippen molar-refractivity contribution in [1.82, 2.24) is 4.57 Å². The maximum atomic E-state index is 12.6. The van der Waals surface area contributed by atoms with E-state index in [1.807, 2.05) is 72.1 Å². The molecule has 0 saturated carbocycles. The van der Waals surface area contributed by atoms with Crippen LogP contribution in [0.25, 0.3) is 10.2 Å². The highest BCUT2D eigenvalue weighted by Gasteiger charge is 2.34. The van der Waals surface area contributed by atoms with Crippen molar-refractivity contribution in [2.45, 2.75) is 13.0 Å². The number of thiazole rings is 1. The van der Waals surface area contributed by atoms with Gasteiger partial charge in [0.2, 0.25) is 0 Å². The SMILES string of the molecule is CCOC(=O)[C@@H](C#N)[C@H](c1ccc(N(C)C)cc1)n1c(=S)sc2ccccc21. The first-order valence-electron chi connectivity index (χ1n) is 8.91. The summed E-state index contributed by atoms with van der Waals surface area (Å²) in [5.41, 5.74) is 2.78. The van der Waals surface area contributed by atoms with Crippen molar-refractivity contribution in [2.75, 3.05) is 25.6 Å². The second-order valence-corrected chi connectivity index (χ2v) is 8.17. The Hall–Kier alpha value is -2.69. The summed E-state index contributed by atoms with van der Waals surface area (Å²) in [6, 6.07) is 17.2. The molecule has 0 bridgehead atoms. The second-order valence-electron chi connectivity index (χ2n) is 6.50. The van der Waals surface area contributed by atoms with Gasteiger partial charge in [0.25, 0.3) is 0 Å². The van der Waals surface area contributed by atoms with Crippen molar-refractivity contribution >= 4 is 45.4 Å². The molecular formula is C21H21N3O2S2. The molecule has 0 N–H and O–H groups in total. The molecule has 3 aromatic rings. The summed E-state index contributed by atoms with van der Waals surface area (Å²) in [6.07, 6.45) is 0. The number of esters is 1. The number of nitrogens with zero attached hydrogens (tertiary/aromatic N) is 3. The Bertz CT molecular complexity index is 1080. The minimum Gasteiger partial charge on any atom is -0.465 e. The number of fused-ring (bicyclic) bond motifs is 1. The van der Waals surface area contributed by atoms with Crippen LogP contribution in [0.5, 0.6) is 0 Å². The number of hydrogen-bond acceptors (Lipinski definition) is 6. The fourth-order valence-corrected chi connectivity index (χ4v) is 4.59. The summed E-state index contributed by atoms with van der Waals surface area (Å²) in [4.78, 5) is 14.6. The smallest absolute Gasteiger partial charge is 0.325 e. The highest BCUT2D eigenvalue weighted by molar-refractivity contribution is 7.73. The summed E-state index contributed by atoms with van der Waals surface area (Å²) in [7, 11) is 3.93. The molecule has 7 heteroatoms. The lowest BCUT2D eigenvalue weighted by Gasteiger charge is -2.24. The number of benzene rings is 2. The largest absolute Gasteiger partial charge is 0.465 e. The molecular weight excluding hydrogens is 390 g/mol. The van der Waals surface area contributed by atoms with Gasteiger partial charge in [0.15, 0.2) is 9.87 Å². The molecule has 0 spiro atoms. The topological polar surface area (TPSA) is 58.3 Å². The first kappa shape index (κ1) is 20.1. The van der Waals surface area contributed by atoms with Crippen LogP contribution in [-0.4, -0.2) is 31.2 Å². The van der Waals surface area contributed by atoms with Crippen LogP contribution in [0.15, 0.2) is 48.5 Å². The van der Waals surface area contributed by atoms with E-state index in [0.717, 1.165) is 21.5 Å². The van der Waals surface area contributed by atoms with E-state index in [2.05, 4.69) is 6.07 Å². The highest BCUT2D eigenvalue weighted by Crippen LogP contribution is 2.35. The zero-order chi connectivity index (χ0) is 20.3. The first-order valence-corrected chi connectivity index (χ1v) is 10.1. The maximum absolute atomic E-state index is 12.6. The standard InChI is InChI=1S/C21H21N3O2S2/c1-4-26-20(25)16(13-22)19(14-9-11-15(12-10-14)23(2)3)24-17-7-5-6-8-18(17)28-21(24)27/h5-12,16,19H,4H2,1-3H3/t16-,19-/m0/s1. The molecule has 0 aliphatic rings. The molecule has 1 aromatic heterocycles. The van der Waals surface area contributed by atoms with Crippen molar-refractivity contribution in [1.29, 1.82) is 5.26 Å². The number of anilines is 1. The fraction of sp³-hybridized carbons (Fsp3) is 0.286. The summed E-state index contributed by atoms with van der Waals surface area (Å²) >= 11 is 7.10. The van der Waals surface area contributed by atoms with E-state index >= 15 is 0 Å². The van der Waals surface area contributed by atoms with E-state index in [1.165, 1.54) is 11.3 Å². The van der Waals surface area contributed by atoms with Crippen LogP contribution >= 0.6 is 23.6 Å². The molecule has 0 amide bonds. The number of nitriles is 1. The Morgan fingerprint density at radius 2 is 1.93 bits per heavy atom. The zero-order valence-corrected chi connectivity index (χ0v) is 17.6. The average Bonchev–Trinajstić information content (AvgIpc) is 3.01. The van der Waals surface area contributed by atoms with Crippen LogP contribution in [0.3, 0.4) is 0 Å². The zero-order valence-electron chi connectivity index (χ0n) is 16.0. The molecule has 0 unspecified atom stereocenters. The van der Waals surface area contributed by atoms with Gasteiger partial charge in [-0.2, -0.15) is 5.26 Å². The van der Waals surface area contributed by atoms with Gasteiger partial charge < -0.3 is 14.2 Å². The van der Waals surface area contributed by atoms with E-state index in [-0.39, 0.29) is 6.61 Å². The molecule has 0 radical (unpaired) electrons. The summed E-state index contributed by atoms with van der Waals surface area (Å²) < 4.78 is 8.74. The van der Waals surface area contributed by atoms with Gasteiger partial charge in [-0.05, 0) is 49.0 Å². The Kier molecular flexibility index (Phi) is 6.12. The van der Waals surface area contributed by atoms with Gasteiger partial charge in [-0.15, -0.1) is 11.3 Å². The first-order chi connectivity index (χ1) is 13.5. The molecule has 0 saturated heterocycles.